The van der Waals surface area contributed by atoms with Crippen LogP contribution >= 0.6 is 15.9 Å². The smallest absolute Gasteiger partial charge is 0.131 e. The lowest BCUT2D eigenvalue weighted by Gasteiger charge is -2.08. The molecule has 0 N–H and O–H groups in total. The number of nitrogens with zero attached hydrogens (tertiary/aromatic N) is 2. The van der Waals surface area contributed by atoms with Crippen molar-refractivity contribution in [3.05, 3.63) is 45.7 Å². The van der Waals surface area contributed by atoms with E-state index in [9.17, 15) is 0 Å². The van der Waals surface area contributed by atoms with E-state index in [0.29, 0.717) is 6.61 Å². The first-order valence-corrected chi connectivity index (χ1v) is 7.38. The zero-order valence-corrected chi connectivity index (χ0v) is 13.2. The topological polar surface area (TPSA) is 27.1 Å². The van der Waals surface area contributed by atoms with Crippen LogP contribution in [0.5, 0.6) is 5.75 Å². The molecular formula is C15H19BrN2O. The van der Waals surface area contributed by atoms with Crippen LogP contribution in [-0.2, 0) is 19.6 Å². The van der Waals surface area contributed by atoms with Gasteiger partial charge in [-0.25, -0.2) is 0 Å². The van der Waals surface area contributed by atoms with E-state index < -0.39 is 0 Å². The summed E-state index contributed by atoms with van der Waals surface area (Å²) in [7, 11) is 0. The maximum Gasteiger partial charge on any atom is 0.131 e. The third-order valence-electron chi connectivity index (χ3n) is 3.09. The van der Waals surface area contributed by atoms with Crippen LogP contribution in [0.2, 0.25) is 0 Å². The number of halogens is 1. The van der Waals surface area contributed by atoms with Gasteiger partial charge in [-0.05, 0) is 48.3 Å². The fourth-order valence-corrected chi connectivity index (χ4v) is 2.62. The van der Waals surface area contributed by atoms with Crippen molar-refractivity contribution in [2.45, 2.75) is 40.3 Å². The largest absolute Gasteiger partial charge is 0.487 e. The van der Waals surface area contributed by atoms with Gasteiger partial charge in [0.15, 0.2) is 0 Å². The van der Waals surface area contributed by atoms with Crippen molar-refractivity contribution in [2.24, 2.45) is 0 Å². The molecule has 0 amide bonds. The summed E-state index contributed by atoms with van der Waals surface area (Å²) in [5.41, 5.74) is 3.42. The first kappa shape index (κ1) is 14.1. The number of rotatable bonds is 5. The van der Waals surface area contributed by atoms with Crippen LogP contribution in [0.1, 0.15) is 30.8 Å². The van der Waals surface area contributed by atoms with E-state index in [1.165, 1.54) is 5.56 Å². The number of hydrogen-bond donors (Lipinski definition) is 0. The van der Waals surface area contributed by atoms with Crippen molar-refractivity contribution in [1.29, 1.82) is 0 Å². The second kappa shape index (κ2) is 6.24. The molecule has 0 aliphatic rings. The van der Waals surface area contributed by atoms with E-state index in [0.717, 1.165) is 34.6 Å². The van der Waals surface area contributed by atoms with Gasteiger partial charge in [0.25, 0.3) is 0 Å². The molecule has 0 bridgehead atoms. The zero-order valence-electron chi connectivity index (χ0n) is 11.6. The Hall–Kier alpha value is -1.29. The molecule has 0 radical (unpaired) electrons. The summed E-state index contributed by atoms with van der Waals surface area (Å²) in [4.78, 5) is 0. The highest BCUT2D eigenvalue weighted by molar-refractivity contribution is 9.10. The molecule has 102 valence electrons. The molecule has 0 atom stereocenters. The van der Waals surface area contributed by atoms with Crippen LogP contribution in [0, 0.1) is 6.92 Å². The van der Waals surface area contributed by atoms with Gasteiger partial charge in [0.05, 0.1) is 15.9 Å². The highest BCUT2D eigenvalue weighted by atomic mass is 79.9. The summed E-state index contributed by atoms with van der Waals surface area (Å²) in [5, 5.41) is 4.56. The average molecular weight is 323 g/mol. The monoisotopic (exact) mass is 322 g/mol. The Morgan fingerprint density at radius 3 is 2.47 bits per heavy atom. The summed E-state index contributed by atoms with van der Waals surface area (Å²) < 4.78 is 8.91. The van der Waals surface area contributed by atoms with Crippen molar-refractivity contribution in [2.75, 3.05) is 0 Å². The molecule has 2 rings (SSSR count). The van der Waals surface area contributed by atoms with Crippen molar-refractivity contribution in [3.8, 4) is 5.75 Å². The fourth-order valence-electron chi connectivity index (χ4n) is 1.94. The van der Waals surface area contributed by atoms with Crippen LogP contribution in [0.25, 0.3) is 0 Å². The van der Waals surface area contributed by atoms with Gasteiger partial charge in [-0.2, -0.15) is 5.10 Å². The number of hydrogen-bond acceptors (Lipinski definition) is 2. The molecule has 0 saturated heterocycles. The molecule has 1 aromatic heterocycles. The third-order valence-corrected chi connectivity index (χ3v) is 4.01. The lowest BCUT2D eigenvalue weighted by Crippen LogP contribution is -2.06. The molecule has 0 unspecified atom stereocenters. The standard InChI is InChI=1S/C15H19BrN2O/c1-4-13-15(16)14(18(5-2)17-13)10-19-12-8-6-11(3)7-9-12/h6-9H,4-5,10H2,1-3H3. The summed E-state index contributed by atoms with van der Waals surface area (Å²) in [6.45, 7) is 7.65. The lowest BCUT2D eigenvalue weighted by molar-refractivity contribution is 0.291. The summed E-state index contributed by atoms with van der Waals surface area (Å²) >= 11 is 3.62. The van der Waals surface area contributed by atoms with Crippen molar-refractivity contribution in [1.82, 2.24) is 9.78 Å². The predicted molar refractivity (Wildman–Crippen MR) is 80.5 cm³/mol. The summed E-state index contributed by atoms with van der Waals surface area (Å²) in [6.07, 6.45) is 0.922. The Morgan fingerprint density at radius 1 is 1.21 bits per heavy atom. The van der Waals surface area contributed by atoms with Gasteiger partial charge in [0, 0.05) is 6.54 Å². The van der Waals surface area contributed by atoms with Gasteiger partial charge in [0.1, 0.15) is 12.4 Å². The minimum absolute atomic E-state index is 0.532. The average Bonchev–Trinajstić information content (AvgIpc) is 2.74. The Balaban J connectivity index is 2.14. The van der Waals surface area contributed by atoms with E-state index in [4.69, 9.17) is 4.74 Å². The number of aromatic nitrogens is 2. The molecular weight excluding hydrogens is 304 g/mol. The van der Waals surface area contributed by atoms with Gasteiger partial charge in [-0.3, -0.25) is 4.68 Å². The SMILES string of the molecule is CCc1nn(CC)c(COc2ccc(C)cc2)c1Br. The van der Waals surface area contributed by atoms with Crippen LogP contribution < -0.4 is 4.74 Å². The van der Waals surface area contributed by atoms with E-state index in [2.05, 4.69) is 53.9 Å². The number of ether oxygens (including phenoxy) is 1. The molecule has 3 nitrogen and oxygen atoms in total. The Kier molecular flexibility index (Phi) is 4.64. The molecule has 0 aliphatic carbocycles. The molecule has 0 aliphatic heterocycles. The summed E-state index contributed by atoms with van der Waals surface area (Å²) in [5.74, 6) is 0.888. The van der Waals surface area contributed by atoms with Crippen molar-refractivity contribution in [3.63, 3.8) is 0 Å². The molecule has 2 aromatic rings. The second-order valence-corrected chi connectivity index (χ2v) is 5.27. The van der Waals surface area contributed by atoms with Crippen LogP contribution in [0.15, 0.2) is 28.7 Å². The molecule has 19 heavy (non-hydrogen) atoms. The normalized spacial score (nSPS) is 10.7. The molecule has 0 saturated carbocycles. The van der Waals surface area contributed by atoms with Crippen LogP contribution in [0.4, 0.5) is 0 Å². The minimum Gasteiger partial charge on any atom is -0.487 e. The minimum atomic E-state index is 0.532. The molecule has 0 spiro atoms. The van der Waals surface area contributed by atoms with E-state index in [-0.39, 0.29) is 0 Å². The number of aryl methyl sites for hydroxylation is 3. The Labute approximate surface area is 122 Å². The van der Waals surface area contributed by atoms with Gasteiger partial charge >= 0.3 is 0 Å². The van der Waals surface area contributed by atoms with Crippen molar-refractivity contribution >= 4 is 15.9 Å². The van der Waals surface area contributed by atoms with Crippen molar-refractivity contribution < 1.29 is 4.74 Å². The first-order chi connectivity index (χ1) is 9.15. The second-order valence-electron chi connectivity index (χ2n) is 4.48. The third kappa shape index (κ3) is 3.18. The highest BCUT2D eigenvalue weighted by Crippen LogP contribution is 2.24. The van der Waals surface area contributed by atoms with E-state index in [1.807, 2.05) is 16.8 Å². The summed E-state index contributed by atoms with van der Waals surface area (Å²) in [6, 6.07) is 8.10. The molecule has 1 heterocycles. The fraction of sp³-hybridized carbons (Fsp3) is 0.400. The highest BCUT2D eigenvalue weighted by Gasteiger charge is 2.14. The van der Waals surface area contributed by atoms with Crippen LogP contribution in [-0.4, -0.2) is 9.78 Å². The maximum absolute atomic E-state index is 5.84. The number of benzene rings is 1. The molecule has 0 fully saturated rings. The predicted octanol–water partition coefficient (Wildman–Crippen LogP) is 4.12. The van der Waals surface area contributed by atoms with Gasteiger partial charge in [-0.15, -0.1) is 0 Å². The zero-order chi connectivity index (χ0) is 13.8. The van der Waals surface area contributed by atoms with Crippen LogP contribution in [0.3, 0.4) is 0 Å². The Bertz CT molecular complexity index is 546. The van der Waals surface area contributed by atoms with Gasteiger partial charge < -0.3 is 4.74 Å². The maximum atomic E-state index is 5.84. The van der Waals surface area contributed by atoms with E-state index in [1.54, 1.807) is 0 Å². The first-order valence-electron chi connectivity index (χ1n) is 6.59. The lowest BCUT2D eigenvalue weighted by atomic mass is 10.2. The Morgan fingerprint density at radius 2 is 1.89 bits per heavy atom. The van der Waals surface area contributed by atoms with E-state index >= 15 is 0 Å². The quantitative estimate of drug-likeness (QED) is 0.828. The van der Waals surface area contributed by atoms with Gasteiger partial charge in [0.2, 0.25) is 0 Å². The molecule has 1 aromatic carbocycles. The van der Waals surface area contributed by atoms with Gasteiger partial charge in [-0.1, -0.05) is 24.6 Å². The molecule has 4 heteroatoms.